The smallest absolute Gasteiger partial charge is 0.0404 e. The van der Waals surface area contributed by atoms with E-state index in [9.17, 15) is 0 Å². The summed E-state index contributed by atoms with van der Waals surface area (Å²) in [4.78, 5) is 0. The highest BCUT2D eigenvalue weighted by atomic mass is 35.5. The molecule has 1 aliphatic rings. The Morgan fingerprint density at radius 1 is 1.43 bits per heavy atom. The summed E-state index contributed by atoms with van der Waals surface area (Å²) in [5.41, 5.74) is 2.71. The minimum Gasteiger partial charge on any atom is -0.122 e. The molecule has 0 N–H and O–H groups in total. The summed E-state index contributed by atoms with van der Waals surface area (Å²) in [6.45, 7) is 0. The lowest BCUT2D eigenvalue weighted by Crippen LogP contribution is -1.90. The minimum absolute atomic E-state index is 0.527. The molecule has 0 heterocycles. The number of alkyl halides is 1. The summed E-state index contributed by atoms with van der Waals surface area (Å²) in [5.74, 6) is 1.13. The van der Waals surface area contributed by atoms with Crippen molar-refractivity contribution in [3.05, 3.63) is 53.6 Å². The van der Waals surface area contributed by atoms with Crippen molar-refractivity contribution in [3.8, 4) is 0 Å². The summed E-state index contributed by atoms with van der Waals surface area (Å²) in [7, 11) is 0. The largest absolute Gasteiger partial charge is 0.122 e. The van der Waals surface area contributed by atoms with E-state index in [0.717, 1.165) is 6.42 Å². The van der Waals surface area contributed by atoms with Crippen LogP contribution in [0.1, 0.15) is 23.5 Å². The zero-order valence-corrected chi connectivity index (χ0v) is 8.67. The van der Waals surface area contributed by atoms with Crippen molar-refractivity contribution in [1.29, 1.82) is 0 Å². The van der Waals surface area contributed by atoms with Crippen molar-refractivity contribution in [1.82, 2.24) is 0 Å². The predicted octanol–water partition coefficient (Wildman–Crippen LogP) is 3.78. The monoisotopic (exact) mass is 203 g/mol. The number of halogens is 1. The highest BCUT2D eigenvalue weighted by Gasteiger charge is 2.14. The van der Waals surface area contributed by atoms with Gasteiger partial charge in [-0.3, -0.25) is 0 Å². The number of hydrogen-bond donors (Lipinski definition) is 0. The molecular weight excluding hydrogens is 192 g/mol. The third-order valence-electron chi connectivity index (χ3n) is 2.48. The molecule has 0 nitrogen and oxygen atoms in total. The molecule has 1 aliphatic carbocycles. The van der Waals surface area contributed by atoms with Gasteiger partial charge in [-0.1, -0.05) is 36.4 Å². The molecule has 1 atom stereocenters. The molecule has 71 valence electrons. The van der Waals surface area contributed by atoms with E-state index in [1.807, 2.05) is 18.2 Å². The second kappa shape index (κ2) is 4.47. The van der Waals surface area contributed by atoms with E-state index in [2.05, 4.69) is 30.4 Å². The molecule has 14 heavy (non-hydrogen) atoms. The fourth-order valence-corrected chi connectivity index (χ4v) is 1.90. The molecule has 0 aromatic heterocycles. The average molecular weight is 204 g/mol. The van der Waals surface area contributed by atoms with E-state index in [0.29, 0.717) is 11.8 Å². The fourth-order valence-electron chi connectivity index (χ4n) is 1.77. The normalized spacial score (nSPS) is 19.1. The molecule has 0 amide bonds. The van der Waals surface area contributed by atoms with Crippen LogP contribution in [-0.2, 0) is 0 Å². The Bertz CT molecular complexity index is 363. The van der Waals surface area contributed by atoms with Crippen LogP contribution < -0.4 is 0 Å². The molecule has 1 aromatic rings. The Balaban J connectivity index is 2.11. The summed E-state index contributed by atoms with van der Waals surface area (Å²) in [6, 6.07) is 9.25. The van der Waals surface area contributed by atoms with Crippen molar-refractivity contribution in [2.75, 3.05) is 5.88 Å². The van der Waals surface area contributed by atoms with Crippen molar-refractivity contribution in [2.45, 2.75) is 12.3 Å². The molecule has 1 heteroatoms. The van der Waals surface area contributed by atoms with Crippen LogP contribution in [0.3, 0.4) is 0 Å². The maximum Gasteiger partial charge on any atom is 0.0404 e. The van der Waals surface area contributed by atoms with E-state index in [1.165, 1.54) is 11.1 Å². The van der Waals surface area contributed by atoms with E-state index >= 15 is 0 Å². The average Bonchev–Trinajstić information content (AvgIpc) is 2.63. The predicted molar refractivity (Wildman–Crippen MR) is 61.5 cm³/mol. The quantitative estimate of drug-likeness (QED) is 0.518. The van der Waals surface area contributed by atoms with Crippen molar-refractivity contribution < 1.29 is 0 Å². The van der Waals surface area contributed by atoms with Gasteiger partial charge in [0, 0.05) is 11.8 Å². The third kappa shape index (κ3) is 1.91. The molecule has 1 radical (unpaired) electrons. The van der Waals surface area contributed by atoms with Crippen LogP contribution in [0.5, 0.6) is 0 Å². The van der Waals surface area contributed by atoms with E-state index in [1.54, 1.807) is 0 Å². The van der Waals surface area contributed by atoms with Crippen LogP contribution in [0.25, 0.3) is 6.08 Å². The Labute approximate surface area is 89.9 Å². The Hall–Kier alpha value is -1.01. The molecule has 0 saturated heterocycles. The molecule has 1 unspecified atom stereocenters. The second-order valence-corrected chi connectivity index (χ2v) is 3.69. The zero-order valence-electron chi connectivity index (χ0n) is 7.91. The van der Waals surface area contributed by atoms with Gasteiger partial charge >= 0.3 is 0 Å². The molecule has 0 bridgehead atoms. The number of fused-ring (bicyclic) bond motifs is 1. The first kappa shape index (κ1) is 9.54. The molecular formula is C13H12Cl. The van der Waals surface area contributed by atoms with Gasteiger partial charge in [-0.2, -0.15) is 0 Å². The van der Waals surface area contributed by atoms with E-state index in [-0.39, 0.29) is 0 Å². The van der Waals surface area contributed by atoms with Crippen molar-refractivity contribution in [3.63, 3.8) is 0 Å². The standard InChI is InChI=1S/C13H12Cl/c14-10-4-3-6-12-9-8-11-5-1-2-7-13(11)12/h2-5,7-9,12H,6,10H2/b4-3+. The molecule has 2 rings (SSSR count). The Morgan fingerprint density at radius 3 is 3.21 bits per heavy atom. The van der Waals surface area contributed by atoms with E-state index < -0.39 is 0 Å². The Kier molecular flexibility index (Phi) is 3.05. The zero-order chi connectivity index (χ0) is 9.80. The van der Waals surface area contributed by atoms with Gasteiger partial charge in [0.15, 0.2) is 0 Å². The lowest BCUT2D eigenvalue weighted by Gasteiger charge is -2.07. The van der Waals surface area contributed by atoms with Gasteiger partial charge in [0.1, 0.15) is 0 Å². The third-order valence-corrected chi connectivity index (χ3v) is 2.66. The van der Waals surface area contributed by atoms with Crippen LogP contribution in [0.4, 0.5) is 0 Å². The highest BCUT2D eigenvalue weighted by Crippen LogP contribution is 2.32. The molecule has 0 fully saturated rings. The number of benzene rings is 1. The van der Waals surface area contributed by atoms with Gasteiger partial charge < -0.3 is 0 Å². The van der Waals surface area contributed by atoms with Crippen LogP contribution in [0, 0.1) is 6.07 Å². The first-order chi connectivity index (χ1) is 6.92. The fraction of sp³-hybridized carbons (Fsp3) is 0.231. The maximum absolute atomic E-state index is 5.58. The van der Waals surface area contributed by atoms with E-state index in [4.69, 9.17) is 11.6 Å². The second-order valence-electron chi connectivity index (χ2n) is 3.38. The van der Waals surface area contributed by atoms with Gasteiger partial charge in [-0.25, -0.2) is 0 Å². The van der Waals surface area contributed by atoms with Gasteiger partial charge in [-0.05, 0) is 29.7 Å². The first-order valence-corrected chi connectivity index (χ1v) is 5.34. The summed E-state index contributed by atoms with van der Waals surface area (Å²) < 4.78 is 0. The molecule has 0 aliphatic heterocycles. The van der Waals surface area contributed by atoms with Crippen LogP contribution in [0.2, 0.25) is 0 Å². The molecule has 1 aromatic carbocycles. The number of allylic oxidation sites excluding steroid dienone is 3. The van der Waals surface area contributed by atoms with Crippen LogP contribution >= 0.6 is 11.6 Å². The van der Waals surface area contributed by atoms with Gasteiger partial charge in [0.2, 0.25) is 0 Å². The molecule has 0 saturated carbocycles. The minimum atomic E-state index is 0.527. The van der Waals surface area contributed by atoms with Gasteiger partial charge in [0.05, 0.1) is 0 Å². The maximum atomic E-state index is 5.58. The van der Waals surface area contributed by atoms with Crippen LogP contribution in [0.15, 0.2) is 36.4 Å². The SMILES string of the molecule is ClC/C=C/CC1C=Cc2c[c]ccc21. The van der Waals surface area contributed by atoms with Gasteiger partial charge in [0.25, 0.3) is 0 Å². The Morgan fingerprint density at radius 2 is 2.36 bits per heavy atom. The van der Waals surface area contributed by atoms with Crippen molar-refractivity contribution >= 4 is 17.7 Å². The summed E-state index contributed by atoms with van der Waals surface area (Å²) >= 11 is 5.58. The lowest BCUT2D eigenvalue weighted by atomic mass is 9.98. The topological polar surface area (TPSA) is 0 Å². The lowest BCUT2D eigenvalue weighted by molar-refractivity contribution is 0.878. The molecule has 0 spiro atoms. The summed E-state index contributed by atoms with van der Waals surface area (Å²) in [5, 5.41) is 0. The first-order valence-electron chi connectivity index (χ1n) is 4.81. The summed E-state index contributed by atoms with van der Waals surface area (Å²) in [6.07, 6.45) is 9.61. The highest BCUT2D eigenvalue weighted by molar-refractivity contribution is 6.18. The number of hydrogen-bond acceptors (Lipinski definition) is 0. The van der Waals surface area contributed by atoms with Crippen molar-refractivity contribution in [2.24, 2.45) is 0 Å². The number of rotatable bonds is 3. The van der Waals surface area contributed by atoms with Gasteiger partial charge in [-0.15, -0.1) is 11.6 Å². The van der Waals surface area contributed by atoms with Crippen LogP contribution in [-0.4, -0.2) is 5.88 Å².